The number of carbonyl (C=O) groups excluding carboxylic acids is 6. The Morgan fingerprint density at radius 3 is 2.08 bits per heavy atom. The number of anilines is 4. The monoisotopic (exact) mass is 1070 g/mol. The van der Waals surface area contributed by atoms with Gasteiger partial charge >= 0.3 is 0 Å². The number of benzene rings is 2. The first-order chi connectivity index (χ1) is 37.3. The van der Waals surface area contributed by atoms with E-state index in [9.17, 15) is 28.8 Å². The van der Waals surface area contributed by atoms with Crippen molar-refractivity contribution < 1.29 is 52.5 Å². The molecule has 4 saturated heterocycles. The molecule has 0 radical (unpaired) electrons. The van der Waals surface area contributed by atoms with Crippen LogP contribution in [0, 0.1) is 5.41 Å². The molecule has 0 saturated carbocycles. The molecule has 22 heteroatoms. The summed E-state index contributed by atoms with van der Waals surface area (Å²) in [6, 6.07) is 14.6. The van der Waals surface area contributed by atoms with Crippen molar-refractivity contribution in [2.75, 3.05) is 145 Å². The minimum atomic E-state index is -1.02. The highest BCUT2D eigenvalue weighted by Crippen LogP contribution is 2.34. The number of amides is 6. The number of piperazine rings is 1. The Labute approximate surface area is 451 Å². The Hall–Kier alpha value is -6.30. The summed E-state index contributed by atoms with van der Waals surface area (Å²) >= 11 is 0. The van der Waals surface area contributed by atoms with Crippen molar-refractivity contribution >= 4 is 58.5 Å². The van der Waals surface area contributed by atoms with E-state index < -0.39 is 29.7 Å². The molecule has 4 fully saturated rings. The maximum Gasteiger partial charge on any atom is 0.264 e. The SMILES string of the molecule is CC1(C)CCN(Cc2ccc(N3CC(=O)NC4(CCN(c5cc(NCCCNC(=O)CCOCCOCCOCCOCCOCCNc6cccc7c6C(=O)N(C6CCC(=O)NC6=O)C7=O)ncn5)CC4)C3)cc2)CC1. The number of imide groups is 2. The van der Waals surface area contributed by atoms with Crippen molar-refractivity contribution in [1.82, 2.24) is 35.7 Å². The van der Waals surface area contributed by atoms with Crippen LogP contribution in [-0.4, -0.2) is 192 Å². The van der Waals surface area contributed by atoms with Crippen LogP contribution >= 0.6 is 0 Å². The molecule has 3 aromatic rings. The van der Waals surface area contributed by atoms with Crippen molar-refractivity contribution in [3.8, 4) is 0 Å². The van der Waals surface area contributed by atoms with Crippen LogP contribution in [0.3, 0.4) is 0 Å². The number of likely N-dealkylation sites (tertiary alicyclic amines) is 1. The number of nitrogens with zero attached hydrogens (tertiary/aromatic N) is 6. The van der Waals surface area contributed by atoms with Crippen molar-refractivity contribution in [1.29, 1.82) is 0 Å². The van der Waals surface area contributed by atoms with Gasteiger partial charge in [-0.3, -0.25) is 43.9 Å². The molecule has 6 amide bonds. The van der Waals surface area contributed by atoms with Gasteiger partial charge in [-0.15, -0.1) is 0 Å². The lowest BCUT2D eigenvalue weighted by molar-refractivity contribution is -0.136. The predicted octanol–water partition coefficient (Wildman–Crippen LogP) is 2.98. The zero-order chi connectivity index (χ0) is 54.0. The number of ether oxygens (including phenoxy) is 5. The summed E-state index contributed by atoms with van der Waals surface area (Å²) in [5.41, 5.74) is 3.44. The number of rotatable bonds is 29. The number of piperidine rings is 3. The van der Waals surface area contributed by atoms with E-state index in [1.165, 1.54) is 18.4 Å². The molecule has 2 aromatic carbocycles. The first-order valence-electron chi connectivity index (χ1n) is 27.3. The van der Waals surface area contributed by atoms with E-state index in [2.05, 4.69) is 89.4 Å². The van der Waals surface area contributed by atoms with Gasteiger partial charge in [-0.1, -0.05) is 32.0 Å². The molecule has 8 rings (SSSR count). The number of hydrogen-bond donors (Lipinski definition) is 5. The fourth-order valence-corrected chi connectivity index (χ4v) is 10.3. The van der Waals surface area contributed by atoms with Gasteiger partial charge in [0.2, 0.25) is 23.6 Å². The lowest BCUT2D eigenvalue weighted by Crippen LogP contribution is -2.66. The van der Waals surface area contributed by atoms with Crippen molar-refractivity contribution in [2.45, 2.75) is 83.3 Å². The van der Waals surface area contributed by atoms with Gasteiger partial charge in [-0.05, 0) is 86.9 Å². The largest absolute Gasteiger partial charge is 0.382 e. The Kier molecular flexibility index (Phi) is 20.6. The van der Waals surface area contributed by atoms with E-state index in [0.717, 1.165) is 80.8 Å². The maximum atomic E-state index is 13.2. The van der Waals surface area contributed by atoms with Crippen molar-refractivity contribution in [3.05, 3.63) is 71.5 Å². The molecule has 1 unspecified atom stereocenters. The molecule has 22 nitrogen and oxygen atoms in total. The summed E-state index contributed by atoms with van der Waals surface area (Å²) in [7, 11) is 0. The number of fused-ring (bicyclic) bond motifs is 1. The first-order valence-corrected chi connectivity index (χ1v) is 27.3. The highest BCUT2D eigenvalue weighted by molar-refractivity contribution is 6.25. The summed E-state index contributed by atoms with van der Waals surface area (Å²) in [6.07, 6.45) is 6.80. The molecular formula is C55H77N11O11. The zero-order valence-corrected chi connectivity index (χ0v) is 44.7. The van der Waals surface area contributed by atoms with Gasteiger partial charge in [0, 0.05) is 76.1 Å². The Morgan fingerprint density at radius 2 is 1.39 bits per heavy atom. The van der Waals surface area contributed by atoms with Gasteiger partial charge in [0.15, 0.2) is 0 Å². The van der Waals surface area contributed by atoms with E-state index in [1.807, 2.05) is 6.07 Å². The van der Waals surface area contributed by atoms with E-state index in [1.54, 1.807) is 24.5 Å². The molecule has 5 N–H and O–H groups in total. The van der Waals surface area contributed by atoms with Crippen LogP contribution in [0.5, 0.6) is 0 Å². The molecule has 0 bridgehead atoms. The van der Waals surface area contributed by atoms with Crippen LogP contribution < -0.4 is 36.4 Å². The van der Waals surface area contributed by atoms with Crippen molar-refractivity contribution in [2.24, 2.45) is 5.41 Å². The first kappa shape index (κ1) is 56.9. The second kappa shape index (κ2) is 27.8. The third-order valence-corrected chi connectivity index (χ3v) is 14.8. The molecule has 5 aliphatic rings. The van der Waals surface area contributed by atoms with Gasteiger partial charge in [-0.2, -0.15) is 0 Å². The Bertz CT molecular complexity index is 2480. The summed E-state index contributed by atoms with van der Waals surface area (Å²) in [6.45, 7) is 15.9. The van der Waals surface area contributed by atoms with Crippen LogP contribution in [0.15, 0.2) is 54.9 Å². The molecule has 1 aromatic heterocycles. The van der Waals surface area contributed by atoms with E-state index >= 15 is 0 Å². The van der Waals surface area contributed by atoms with Gasteiger partial charge in [0.1, 0.15) is 24.0 Å². The zero-order valence-electron chi connectivity index (χ0n) is 44.7. The summed E-state index contributed by atoms with van der Waals surface area (Å²) in [5, 5.41) is 15.0. The number of nitrogens with one attached hydrogen (secondary N) is 5. The number of aromatic nitrogens is 2. The topological polar surface area (TPSA) is 247 Å². The molecule has 5 aliphatic heterocycles. The predicted molar refractivity (Wildman–Crippen MR) is 288 cm³/mol. The van der Waals surface area contributed by atoms with Gasteiger partial charge in [-0.25, -0.2) is 9.97 Å². The molecular weight excluding hydrogens is 991 g/mol. The van der Waals surface area contributed by atoms with Gasteiger partial charge < -0.3 is 54.8 Å². The van der Waals surface area contributed by atoms with Crippen LogP contribution in [0.1, 0.15) is 91.5 Å². The second-order valence-electron chi connectivity index (χ2n) is 21.1. The molecule has 77 heavy (non-hydrogen) atoms. The summed E-state index contributed by atoms with van der Waals surface area (Å²) < 4.78 is 27.8. The average molecular weight is 1070 g/mol. The van der Waals surface area contributed by atoms with E-state index in [-0.39, 0.29) is 47.7 Å². The molecule has 6 heterocycles. The van der Waals surface area contributed by atoms with Crippen LogP contribution in [0.2, 0.25) is 0 Å². The van der Waals surface area contributed by atoms with Gasteiger partial charge in [0.25, 0.3) is 11.8 Å². The smallest absolute Gasteiger partial charge is 0.264 e. The number of carbonyl (C=O) groups is 6. The van der Waals surface area contributed by atoms with E-state index in [4.69, 9.17) is 23.7 Å². The Balaban J connectivity index is 0.587. The third-order valence-electron chi connectivity index (χ3n) is 14.8. The fourth-order valence-electron chi connectivity index (χ4n) is 10.3. The number of hydrogen-bond acceptors (Lipinski definition) is 18. The lowest BCUT2D eigenvalue weighted by atomic mass is 9.82. The second-order valence-corrected chi connectivity index (χ2v) is 21.1. The highest BCUT2D eigenvalue weighted by Gasteiger charge is 2.46. The molecule has 1 spiro atoms. The molecule has 418 valence electrons. The molecule has 0 aliphatic carbocycles. The summed E-state index contributed by atoms with van der Waals surface area (Å²) in [4.78, 5) is 92.6. The normalized spacial score (nSPS) is 19.3. The lowest BCUT2D eigenvalue weighted by Gasteiger charge is -2.48. The maximum absolute atomic E-state index is 13.2. The quantitative estimate of drug-likeness (QED) is 0.0495. The summed E-state index contributed by atoms with van der Waals surface area (Å²) in [5.74, 6) is -0.630. The highest BCUT2D eigenvalue weighted by atomic mass is 16.6. The van der Waals surface area contributed by atoms with Crippen LogP contribution in [0.25, 0.3) is 0 Å². The minimum Gasteiger partial charge on any atom is -0.382 e. The molecule has 1 atom stereocenters. The fraction of sp³-hybridized carbons (Fsp3) is 0.600. The standard InChI is InChI=1S/C55H77N11O11/c1-54(2)14-21-63(22-15-54)36-40-7-9-41(10-8-40)65-37-49(69)62-55(38-65)16-23-64(24-17-55)46-35-45(59-39-60-46)57-18-4-19-58-47(67)13-25-73-27-29-75-31-33-77-34-32-76-30-28-74-26-20-56-43-6-3-5-42-50(43)53(72)66(52(42)71)44-11-12-48(68)61-51(44)70/h3,5-10,35,39,44,56H,4,11-34,36-38H2,1-2H3,(H,58,67)(H,62,69)(H,57,59,60)(H,61,68,70). The van der Waals surface area contributed by atoms with E-state index in [0.29, 0.717) is 103 Å². The third kappa shape index (κ3) is 16.4. The average Bonchev–Trinajstić information content (AvgIpc) is 3.71. The minimum absolute atomic E-state index is 0.0571. The Morgan fingerprint density at radius 1 is 0.714 bits per heavy atom. The van der Waals surface area contributed by atoms with Crippen molar-refractivity contribution in [3.63, 3.8) is 0 Å². The van der Waals surface area contributed by atoms with Gasteiger partial charge in [0.05, 0.1) is 89.3 Å². The van der Waals surface area contributed by atoms with Crippen LogP contribution in [-0.2, 0) is 49.4 Å². The van der Waals surface area contributed by atoms with Crippen LogP contribution in [0.4, 0.5) is 23.0 Å².